The molecule has 1 amide bonds. The number of ether oxygens (including phenoxy) is 2. The summed E-state index contributed by atoms with van der Waals surface area (Å²) in [7, 11) is 1.49. The molecule has 0 spiro atoms. The third-order valence-electron chi connectivity index (χ3n) is 6.24. The molecule has 1 aliphatic carbocycles. The summed E-state index contributed by atoms with van der Waals surface area (Å²) in [5.74, 6) is 1.77. The molecular formula is C22H27N7O5S. The van der Waals surface area contributed by atoms with Crippen LogP contribution >= 0.6 is 0 Å². The fourth-order valence-corrected chi connectivity index (χ4v) is 4.64. The molecule has 2 atom stereocenters. The maximum absolute atomic E-state index is 12.4. The molecule has 4 heterocycles. The molecule has 186 valence electrons. The minimum atomic E-state index is -2.17. The first-order chi connectivity index (χ1) is 17.0. The van der Waals surface area contributed by atoms with Crippen molar-refractivity contribution in [3.05, 3.63) is 24.2 Å². The molecule has 0 aromatic carbocycles. The van der Waals surface area contributed by atoms with Crippen molar-refractivity contribution >= 4 is 28.3 Å². The number of carbonyl (C=O) groups is 1. The average molecular weight is 502 g/mol. The van der Waals surface area contributed by atoms with Crippen molar-refractivity contribution in [1.82, 2.24) is 34.1 Å². The zero-order valence-electron chi connectivity index (χ0n) is 19.5. The summed E-state index contributed by atoms with van der Waals surface area (Å²) >= 11 is -2.17. The number of amides is 1. The first kappa shape index (κ1) is 23.6. The summed E-state index contributed by atoms with van der Waals surface area (Å²) in [6.45, 7) is 3.91. The number of methoxy groups -OCH3 is 1. The predicted octanol–water partition coefficient (Wildman–Crippen LogP) is 1.53. The molecule has 1 aliphatic heterocycles. The Balaban J connectivity index is 1.44. The van der Waals surface area contributed by atoms with Gasteiger partial charge in [0.25, 0.3) is 0 Å². The molecule has 2 N–H and O–H groups in total. The van der Waals surface area contributed by atoms with Crippen molar-refractivity contribution in [3.63, 3.8) is 0 Å². The van der Waals surface area contributed by atoms with E-state index in [1.165, 1.54) is 13.4 Å². The number of nitrogens with one attached hydrogen (secondary N) is 1. The van der Waals surface area contributed by atoms with Gasteiger partial charge in [0.2, 0.25) is 28.9 Å². The third-order valence-corrected chi connectivity index (χ3v) is 6.63. The van der Waals surface area contributed by atoms with E-state index >= 15 is 0 Å². The van der Waals surface area contributed by atoms with Gasteiger partial charge in [0, 0.05) is 49.3 Å². The van der Waals surface area contributed by atoms with Gasteiger partial charge >= 0.3 is 0 Å². The number of pyridine rings is 1. The van der Waals surface area contributed by atoms with E-state index in [9.17, 15) is 9.00 Å². The standard InChI is InChI=1S/C22H27N7O5S/c1-3-29-18(14-8-15(10-26-35(31)32)20(33-2)23-9-14)27-17-19(29)24-12-25-21(17)34-16-6-7-28(11-16)22(30)13-4-5-13/h8-9,12-13,16,26H,3-7,10-11H2,1-2H3,(H,31,32). The van der Waals surface area contributed by atoms with Gasteiger partial charge in [-0.05, 0) is 25.8 Å². The fourth-order valence-electron chi connectivity index (χ4n) is 4.36. The average Bonchev–Trinajstić information content (AvgIpc) is 3.49. The molecule has 3 aromatic rings. The summed E-state index contributed by atoms with van der Waals surface area (Å²) in [4.78, 5) is 32.2. The molecule has 1 saturated carbocycles. The van der Waals surface area contributed by atoms with E-state index in [2.05, 4.69) is 19.7 Å². The number of imidazole rings is 1. The van der Waals surface area contributed by atoms with E-state index in [0.717, 1.165) is 19.3 Å². The number of aryl methyl sites for hydroxylation is 1. The Kier molecular flexibility index (Phi) is 6.62. The van der Waals surface area contributed by atoms with Crippen molar-refractivity contribution in [2.45, 2.75) is 45.4 Å². The number of aromatic nitrogens is 5. The van der Waals surface area contributed by atoms with Crippen molar-refractivity contribution in [1.29, 1.82) is 0 Å². The van der Waals surface area contributed by atoms with Gasteiger partial charge < -0.3 is 18.9 Å². The largest absolute Gasteiger partial charge is 0.481 e. The third kappa shape index (κ3) is 4.83. The molecule has 2 unspecified atom stereocenters. The normalized spacial score (nSPS) is 18.7. The second-order valence-electron chi connectivity index (χ2n) is 8.58. The van der Waals surface area contributed by atoms with Gasteiger partial charge in [-0.25, -0.2) is 23.9 Å². The Morgan fingerprint density at radius 1 is 1.26 bits per heavy atom. The first-order valence-electron chi connectivity index (χ1n) is 11.5. The Morgan fingerprint density at radius 3 is 2.80 bits per heavy atom. The lowest BCUT2D eigenvalue weighted by atomic mass is 10.2. The van der Waals surface area contributed by atoms with Crippen LogP contribution in [0.15, 0.2) is 18.6 Å². The van der Waals surface area contributed by atoms with Gasteiger partial charge in [-0.3, -0.25) is 9.35 Å². The van der Waals surface area contributed by atoms with Crippen molar-refractivity contribution in [2.75, 3.05) is 20.2 Å². The van der Waals surface area contributed by atoms with Crippen LogP contribution in [0.4, 0.5) is 0 Å². The number of hydrogen-bond donors (Lipinski definition) is 2. The minimum absolute atomic E-state index is 0.0887. The highest BCUT2D eigenvalue weighted by molar-refractivity contribution is 7.77. The van der Waals surface area contributed by atoms with Crippen LogP contribution in [0.1, 0.15) is 31.7 Å². The highest BCUT2D eigenvalue weighted by Gasteiger charge is 2.37. The van der Waals surface area contributed by atoms with Gasteiger partial charge in [0.1, 0.15) is 18.3 Å². The Hall–Kier alpha value is -3.16. The number of carbonyl (C=O) groups excluding carboxylic acids is 1. The van der Waals surface area contributed by atoms with Gasteiger partial charge in [0.15, 0.2) is 11.2 Å². The van der Waals surface area contributed by atoms with Gasteiger partial charge in [-0.1, -0.05) is 0 Å². The Morgan fingerprint density at radius 2 is 2.09 bits per heavy atom. The van der Waals surface area contributed by atoms with E-state index in [0.29, 0.717) is 59.5 Å². The molecular weight excluding hydrogens is 474 g/mol. The quantitative estimate of drug-likeness (QED) is 0.417. The van der Waals surface area contributed by atoms with E-state index in [4.69, 9.17) is 19.0 Å². The van der Waals surface area contributed by atoms with Crippen LogP contribution < -0.4 is 14.2 Å². The van der Waals surface area contributed by atoms with Crippen molar-refractivity contribution in [3.8, 4) is 23.1 Å². The molecule has 0 bridgehead atoms. The summed E-state index contributed by atoms with van der Waals surface area (Å²) in [6, 6.07) is 1.81. The van der Waals surface area contributed by atoms with Crippen LogP contribution in [0.3, 0.4) is 0 Å². The SMILES string of the molecule is CCn1c(-c2cnc(OC)c(CNS(=O)O)c2)nc2c(OC3CCN(C(=O)C4CC4)C3)ncnc21. The second-order valence-corrected chi connectivity index (χ2v) is 9.37. The maximum Gasteiger partial charge on any atom is 0.245 e. The smallest absolute Gasteiger partial charge is 0.245 e. The number of likely N-dealkylation sites (tertiary alicyclic amines) is 1. The van der Waals surface area contributed by atoms with Gasteiger partial charge in [0.05, 0.1) is 13.7 Å². The van der Waals surface area contributed by atoms with E-state index in [-0.39, 0.29) is 24.5 Å². The van der Waals surface area contributed by atoms with Crippen LogP contribution in [0.25, 0.3) is 22.6 Å². The van der Waals surface area contributed by atoms with Crippen LogP contribution in [-0.2, 0) is 29.2 Å². The first-order valence-corrected chi connectivity index (χ1v) is 12.6. The number of hydrogen-bond acceptors (Lipinski definition) is 8. The fraction of sp³-hybridized carbons (Fsp3) is 0.500. The highest BCUT2D eigenvalue weighted by Crippen LogP contribution is 2.34. The highest BCUT2D eigenvalue weighted by atomic mass is 32.2. The molecule has 1 saturated heterocycles. The molecule has 2 aliphatic rings. The Bertz CT molecular complexity index is 1280. The zero-order chi connectivity index (χ0) is 24.5. The molecule has 35 heavy (non-hydrogen) atoms. The molecule has 0 radical (unpaired) electrons. The van der Waals surface area contributed by atoms with Crippen LogP contribution in [0, 0.1) is 5.92 Å². The predicted molar refractivity (Wildman–Crippen MR) is 127 cm³/mol. The van der Waals surface area contributed by atoms with Crippen LogP contribution in [0.2, 0.25) is 0 Å². The number of fused-ring (bicyclic) bond motifs is 1. The molecule has 5 rings (SSSR count). The number of rotatable bonds is 9. The molecule has 13 heteroatoms. The van der Waals surface area contributed by atoms with Gasteiger partial charge in [-0.2, -0.15) is 4.98 Å². The molecule has 2 fully saturated rings. The summed E-state index contributed by atoms with van der Waals surface area (Å²) in [5, 5.41) is 0. The Labute approximate surface area is 204 Å². The maximum atomic E-state index is 12.4. The zero-order valence-corrected chi connectivity index (χ0v) is 20.3. The second kappa shape index (κ2) is 9.84. The van der Waals surface area contributed by atoms with Crippen LogP contribution in [-0.4, -0.2) is 70.4 Å². The van der Waals surface area contributed by atoms with Crippen LogP contribution in [0.5, 0.6) is 11.8 Å². The summed E-state index contributed by atoms with van der Waals surface area (Å²) < 4.78 is 36.1. The van der Waals surface area contributed by atoms with Gasteiger partial charge in [-0.15, -0.1) is 0 Å². The van der Waals surface area contributed by atoms with E-state index in [1.54, 1.807) is 6.20 Å². The van der Waals surface area contributed by atoms with E-state index in [1.807, 2.05) is 22.5 Å². The number of nitrogens with zero attached hydrogens (tertiary/aromatic N) is 6. The summed E-state index contributed by atoms with van der Waals surface area (Å²) in [6.07, 6.45) is 5.66. The van der Waals surface area contributed by atoms with Crippen molar-refractivity contribution < 1.29 is 23.0 Å². The minimum Gasteiger partial charge on any atom is -0.481 e. The summed E-state index contributed by atoms with van der Waals surface area (Å²) in [5.41, 5.74) is 2.46. The van der Waals surface area contributed by atoms with Crippen molar-refractivity contribution in [2.24, 2.45) is 5.92 Å². The van der Waals surface area contributed by atoms with E-state index < -0.39 is 11.3 Å². The topological polar surface area (TPSA) is 145 Å². The lowest BCUT2D eigenvalue weighted by Gasteiger charge is -2.16. The molecule has 12 nitrogen and oxygen atoms in total. The monoisotopic (exact) mass is 501 g/mol. The molecule has 3 aromatic heterocycles. The lowest BCUT2D eigenvalue weighted by Crippen LogP contribution is -2.32. The lowest BCUT2D eigenvalue weighted by molar-refractivity contribution is -0.131.